The number of anilines is 1. The van der Waals surface area contributed by atoms with Gasteiger partial charge in [-0.2, -0.15) is 13.1 Å². The quantitative estimate of drug-likeness (QED) is 0.0122. The first-order valence-corrected chi connectivity index (χ1v) is 33.3. The van der Waals surface area contributed by atoms with Gasteiger partial charge in [0, 0.05) is 116 Å². The Morgan fingerprint density at radius 1 is 0.725 bits per heavy atom. The Bertz CT molecular complexity index is 3360. The van der Waals surface area contributed by atoms with Crippen molar-refractivity contribution in [2.45, 2.75) is 136 Å². The Kier molecular flexibility index (Phi) is 28.0. The van der Waals surface area contributed by atoms with Gasteiger partial charge in [-0.05, 0) is 118 Å². The van der Waals surface area contributed by atoms with E-state index in [1.807, 2.05) is 51.3 Å². The van der Waals surface area contributed by atoms with Crippen LogP contribution in [0, 0.1) is 20.8 Å². The number of H-pyrrole nitrogens is 1. The average Bonchev–Trinajstić information content (AvgIpc) is 0.906. The maximum Gasteiger partial charge on any atom is 0.323 e. The SMILES string of the molecule is Cc1cc(C)c(S(=O)(=O)NC(CNC(=O)c2cn(CCCNC(=O)[C@H](CS(=O)(=O)O)NC(=O)CN3CCN(CCOOC(C)(C)C)CCN(CCOOC(C)(C)C)CCN(CC(=O)OC(C)(C)C)CC3)c3cc(CNc4ncc[nH]4)ccc3c2=O)C(=O)O)c(C)c1. The summed E-state index contributed by atoms with van der Waals surface area (Å²) in [5.74, 6) is -5.43. The summed E-state index contributed by atoms with van der Waals surface area (Å²) >= 11 is 0. The van der Waals surface area contributed by atoms with Gasteiger partial charge in [0.1, 0.15) is 29.0 Å². The van der Waals surface area contributed by atoms with Gasteiger partial charge in [0.2, 0.25) is 27.3 Å². The molecule has 1 aliphatic rings. The smallest absolute Gasteiger partial charge is 0.323 e. The Balaban J connectivity index is 1.33. The number of aromatic amines is 1. The van der Waals surface area contributed by atoms with E-state index < -0.39 is 102 Å². The molecule has 1 aliphatic heterocycles. The number of aromatic nitrogens is 3. The predicted octanol–water partition coefficient (Wildman–Crippen LogP) is 2.36. The third kappa shape index (κ3) is 26.9. The van der Waals surface area contributed by atoms with Crippen molar-refractivity contribution in [3.63, 3.8) is 0 Å². The number of benzene rings is 2. The molecule has 1 unspecified atom stereocenters. The van der Waals surface area contributed by atoms with E-state index in [0.717, 1.165) is 5.56 Å². The molecule has 31 heteroatoms. The number of carbonyl (C=O) groups is 5. The molecule has 3 amide bonds. The van der Waals surface area contributed by atoms with Crippen LogP contribution >= 0.6 is 0 Å². The summed E-state index contributed by atoms with van der Waals surface area (Å²) < 4.78 is 71.5. The van der Waals surface area contributed by atoms with Gasteiger partial charge >= 0.3 is 11.9 Å². The number of hydrogen-bond donors (Lipinski definition) is 8. The van der Waals surface area contributed by atoms with Crippen molar-refractivity contribution in [2.75, 3.05) is 116 Å². The zero-order chi connectivity index (χ0) is 67.5. The molecule has 1 saturated heterocycles. The highest BCUT2D eigenvalue weighted by Crippen LogP contribution is 2.23. The number of rotatable bonds is 30. The van der Waals surface area contributed by atoms with Crippen LogP contribution in [0.4, 0.5) is 5.95 Å². The minimum atomic E-state index is -4.87. The second-order valence-corrected chi connectivity index (χ2v) is 28.7. The Morgan fingerprint density at radius 3 is 1.80 bits per heavy atom. The number of imidazole rings is 1. The van der Waals surface area contributed by atoms with Crippen molar-refractivity contribution < 1.29 is 74.8 Å². The number of ether oxygens (including phenoxy) is 1. The van der Waals surface area contributed by atoms with Crippen molar-refractivity contribution in [1.82, 2.24) is 54.8 Å². The fourth-order valence-corrected chi connectivity index (χ4v) is 12.1. The topological polar surface area (TPSA) is 364 Å². The largest absolute Gasteiger partial charge is 0.480 e. The van der Waals surface area contributed by atoms with Gasteiger partial charge in [-0.15, -0.1) is 0 Å². The van der Waals surface area contributed by atoms with Gasteiger partial charge in [-0.3, -0.25) is 52.9 Å². The van der Waals surface area contributed by atoms with Crippen LogP contribution in [-0.4, -0.2) is 230 Å². The molecule has 0 saturated carbocycles. The normalized spacial score (nSPS) is 15.7. The number of hydrogen-bond acceptors (Lipinski definition) is 21. The van der Waals surface area contributed by atoms with E-state index in [2.05, 4.69) is 45.8 Å². The first-order chi connectivity index (χ1) is 42.4. The summed E-state index contributed by atoms with van der Waals surface area (Å²) in [4.78, 5) is 119. The number of fused-ring (bicyclic) bond motifs is 1. The molecule has 4 aromatic rings. The van der Waals surface area contributed by atoms with Crippen molar-refractivity contribution >= 4 is 66.7 Å². The zero-order valence-corrected chi connectivity index (χ0v) is 56.1. The molecule has 91 heavy (non-hydrogen) atoms. The molecule has 8 N–H and O–H groups in total. The minimum Gasteiger partial charge on any atom is -0.480 e. The Morgan fingerprint density at radius 2 is 1.29 bits per heavy atom. The van der Waals surface area contributed by atoms with E-state index in [9.17, 15) is 55.3 Å². The number of carboxylic acid groups (broad SMARTS) is 1. The summed E-state index contributed by atoms with van der Waals surface area (Å²) in [5, 5.41) is 20.9. The summed E-state index contributed by atoms with van der Waals surface area (Å²) in [6.07, 6.45) is 4.53. The van der Waals surface area contributed by atoms with Crippen molar-refractivity contribution in [2.24, 2.45) is 0 Å². The monoisotopic (exact) mass is 1320 g/mol. The molecule has 2 atom stereocenters. The van der Waals surface area contributed by atoms with E-state index >= 15 is 0 Å². The second-order valence-electron chi connectivity index (χ2n) is 25.5. The molecule has 508 valence electrons. The summed E-state index contributed by atoms with van der Waals surface area (Å²) in [6, 6.07) is 4.55. The highest BCUT2D eigenvalue weighted by Gasteiger charge is 2.31. The number of nitrogens with zero attached hydrogens (tertiary/aromatic N) is 6. The van der Waals surface area contributed by atoms with Crippen LogP contribution in [-0.2, 0) is 76.7 Å². The first kappa shape index (κ1) is 75.2. The van der Waals surface area contributed by atoms with Gasteiger partial charge in [0.05, 0.1) is 47.9 Å². The van der Waals surface area contributed by atoms with E-state index in [1.165, 1.54) is 12.3 Å². The zero-order valence-electron chi connectivity index (χ0n) is 54.4. The lowest BCUT2D eigenvalue weighted by atomic mass is 10.1. The molecule has 29 nitrogen and oxygen atoms in total. The molecule has 0 aliphatic carbocycles. The number of nitrogens with one attached hydrogen (secondary N) is 6. The lowest BCUT2D eigenvalue weighted by Crippen LogP contribution is -2.54. The maximum absolute atomic E-state index is 14.1. The molecular formula is C60H94N12O17S2. The number of pyridine rings is 1. The molecule has 0 spiro atoms. The lowest BCUT2D eigenvalue weighted by molar-refractivity contribution is -0.349. The van der Waals surface area contributed by atoms with E-state index in [4.69, 9.17) is 24.3 Å². The van der Waals surface area contributed by atoms with Crippen LogP contribution in [0.25, 0.3) is 10.9 Å². The molecular weight excluding hydrogens is 1220 g/mol. The number of aliphatic carboxylic acids is 1. The molecule has 0 radical (unpaired) electrons. The number of amides is 3. The first-order valence-electron chi connectivity index (χ1n) is 30.2. The van der Waals surface area contributed by atoms with E-state index in [1.54, 1.807) is 82.8 Å². The fraction of sp³-hybridized carbons (Fsp3) is 0.617. The van der Waals surface area contributed by atoms with Crippen molar-refractivity contribution in [3.05, 3.63) is 87.0 Å². The molecule has 1 fully saturated rings. The Labute approximate surface area is 533 Å². The number of sulfonamides is 1. The van der Waals surface area contributed by atoms with Crippen LogP contribution in [0.15, 0.2) is 58.6 Å². The lowest BCUT2D eigenvalue weighted by Gasteiger charge is -2.34. The van der Waals surface area contributed by atoms with Gasteiger partial charge < -0.3 is 40.7 Å². The molecule has 2 aromatic heterocycles. The third-order valence-corrected chi connectivity index (χ3v) is 16.4. The minimum absolute atomic E-state index is 0.0139. The third-order valence-electron chi connectivity index (χ3n) is 13.9. The van der Waals surface area contributed by atoms with Crippen molar-refractivity contribution in [1.29, 1.82) is 0 Å². The summed E-state index contributed by atoms with van der Waals surface area (Å²) in [7, 11) is -9.29. The van der Waals surface area contributed by atoms with Crippen LogP contribution in [0.1, 0.15) is 101 Å². The summed E-state index contributed by atoms with van der Waals surface area (Å²) in [5.41, 5.74) is -0.327. The molecule has 5 rings (SSSR count). The van der Waals surface area contributed by atoms with Crippen LogP contribution in [0.3, 0.4) is 0 Å². The number of carbonyl (C=O) groups excluding carboxylic acids is 4. The Hall–Kier alpha value is -6.49. The molecule has 3 heterocycles. The van der Waals surface area contributed by atoms with Gasteiger partial charge in [-0.1, -0.05) is 23.8 Å². The average molecular weight is 1320 g/mol. The van der Waals surface area contributed by atoms with Gasteiger partial charge in [0.15, 0.2) is 5.95 Å². The summed E-state index contributed by atoms with van der Waals surface area (Å²) in [6.45, 7) is 25.4. The van der Waals surface area contributed by atoms with Crippen LogP contribution < -0.4 is 31.4 Å². The number of aryl methyl sites for hydroxylation is 4. The predicted molar refractivity (Wildman–Crippen MR) is 340 cm³/mol. The number of esters is 1. The second kappa shape index (κ2) is 33.9. The van der Waals surface area contributed by atoms with Gasteiger partial charge in [-0.25, -0.2) is 33.0 Å². The van der Waals surface area contributed by atoms with Crippen LogP contribution in [0.5, 0.6) is 0 Å². The van der Waals surface area contributed by atoms with Crippen LogP contribution in [0.2, 0.25) is 0 Å². The standard InChI is InChI=1S/C60H94N12O17S2/c1-41-32-42(2)53(43(3)33-41)91(83,84)67-47(56(78)79)36-64-54(76)46-37-72(49-34-44(14-15-45(49)52(46)75)35-65-57-62-17-18-63-57)19-13-16-61-55(77)48(40-90(80,81)82)66-50(73)38-70-24-22-68(28-30-85-88-59(7,8)9)20-21-69(29-31-86-89-60(10,11)12)23-25-71(27-26-70)39-51(74)87-58(4,5)6/h14-15,17-18,32-34,37,47-48,67H,13,16,19-31,35-36,38-40H2,1-12H3,(H,61,77)(H,64,76)(H,66,73)(H,78,79)(H2,62,63,65)(H,80,81,82)/t47?,48-/m0/s1. The highest BCUT2D eigenvalue weighted by atomic mass is 32.2. The maximum atomic E-state index is 14.1. The van der Waals surface area contributed by atoms with Crippen molar-refractivity contribution in [3.8, 4) is 0 Å². The van der Waals surface area contributed by atoms with E-state index in [0.29, 0.717) is 87.1 Å². The molecule has 2 aromatic carbocycles. The van der Waals surface area contributed by atoms with E-state index in [-0.39, 0.29) is 69.2 Å². The number of carboxylic acids is 1. The van der Waals surface area contributed by atoms with Gasteiger partial charge in [0.25, 0.3) is 16.0 Å². The highest BCUT2D eigenvalue weighted by molar-refractivity contribution is 7.89. The molecule has 0 bridgehead atoms. The fourth-order valence-electron chi connectivity index (χ4n) is 9.84.